The number of para-hydroxylation sites is 1. The minimum absolute atomic E-state index is 0.0295. The first kappa shape index (κ1) is 18.1. The molecule has 0 unspecified atom stereocenters. The Balaban J connectivity index is 1.73. The Morgan fingerprint density at radius 1 is 0.893 bits per heavy atom. The summed E-state index contributed by atoms with van der Waals surface area (Å²) in [5.74, 6) is 0.0811. The predicted molar refractivity (Wildman–Crippen MR) is 114 cm³/mol. The van der Waals surface area contributed by atoms with Crippen molar-refractivity contribution in [3.05, 3.63) is 108 Å². The van der Waals surface area contributed by atoms with Crippen molar-refractivity contribution >= 4 is 16.8 Å². The molecule has 28 heavy (non-hydrogen) atoms. The topological polar surface area (TPSA) is 36.1 Å². The summed E-state index contributed by atoms with van der Waals surface area (Å²) in [5.41, 5.74) is 4.64. The van der Waals surface area contributed by atoms with Gasteiger partial charge in [0, 0.05) is 30.6 Å². The Morgan fingerprint density at radius 2 is 1.54 bits per heavy atom. The molecule has 3 heteroatoms. The highest BCUT2D eigenvalue weighted by Crippen LogP contribution is 2.30. The van der Waals surface area contributed by atoms with Gasteiger partial charge in [-0.05, 0) is 29.2 Å². The van der Waals surface area contributed by atoms with Gasteiger partial charge in [0.1, 0.15) is 0 Å². The van der Waals surface area contributed by atoms with Gasteiger partial charge in [0.2, 0.25) is 5.91 Å². The van der Waals surface area contributed by atoms with Crippen LogP contribution in [-0.4, -0.2) is 15.8 Å². The Labute approximate surface area is 165 Å². The average molecular weight is 368 g/mol. The SMILES string of the molecule is CC(=O)N(Cc1ccccc1)[C@@H](Cc1c[nH]c2ccccc12)c1ccccc1. The van der Waals surface area contributed by atoms with Crippen molar-refractivity contribution in [2.45, 2.75) is 25.9 Å². The second-order valence-corrected chi connectivity index (χ2v) is 7.12. The number of H-pyrrole nitrogens is 1. The highest BCUT2D eigenvalue weighted by molar-refractivity contribution is 5.83. The molecular weight excluding hydrogens is 344 g/mol. The van der Waals surface area contributed by atoms with Crippen LogP contribution in [-0.2, 0) is 17.8 Å². The Hall–Kier alpha value is -3.33. The third-order valence-electron chi connectivity index (χ3n) is 5.25. The van der Waals surface area contributed by atoms with Crippen LogP contribution in [0.1, 0.15) is 29.7 Å². The average Bonchev–Trinajstić information content (AvgIpc) is 3.15. The first-order valence-corrected chi connectivity index (χ1v) is 9.63. The van der Waals surface area contributed by atoms with E-state index in [1.54, 1.807) is 6.92 Å². The Bertz CT molecular complexity index is 1050. The number of amides is 1. The molecule has 1 amide bonds. The van der Waals surface area contributed by atoms with E-state index in [4.69, 9.17) is 0 Å². The molecule has 4 aromatic rings. The van der Waals surface area contributed by atoms with Gasteiger partial charge in [-0.25, -0.2) is 0 Å². The molecule has 1 N–H and O–H groups in total. The van der Waals surface area contributed by atoms with E-state index in [1.807, 2.05) is 47.4 Å². The van der Waals surface area contributed by atoms with Gasteiger partial charge in [0.05, 0.1) is 6.04 Å². The van der Waals surface area contributed by atoms with Crippen LogP contribution in [0.15, 0.2) is 91.1 Å². The summed E-state index contributed by atoms with van der Waals surface area (Å²) in [4.78, 5) is 18.0. The number of benzene rings is 3. The molecule has 3 nitrogen and oxygen atoms in total. The van der Waals surface area contributed by atoms with Gasteiger partial charge < -0.3 is 9.88 Å². The largest absolute Gasteiger partial charge is 0.361 e. The molecule has 0 fully saturated rings. The van der Waals surface area contributed by atoms with Gasteiger partial charge in [0.15, 0.2) is 0 Å². The number of aromatic amines is 1. The molecule has 1 aromatic heterocycles. The maximum atomic E-state index is 12.7. The first-order valence-electron chi connectivity index (χ1n) is 9.63. The van der Waals surface area contributed by atoms with Crippen molar-refractivity contribution < 1.29 is 4.79 Å². The molecule has 0 bridgehead atoms. The van der Waals surface area contributed by atoms with Crippen LogP contribution in [0.4, 0.5) is 0 Å². The Morgan fingerprint density at radius 3 is 2.25 bits per heavy atom. The predicted octanol–water partition coefficient (Wildman–Crippen LogP) is 5.50. The van der Waals surface area contributed by atoms with Gasteiger partial charge >= 0.3 is 0 Å². The summed E-state index contributed by atoms with van der Waals surface area (Å²) in [6, 6.07) is 28.8. The standard InChI is InChI=1S/C25H24N2O/c1-19(28)27(18-20-10-4-2-5-11-20)25(21-12-6-3-7-13-21)16-22-17-26-24-15-9-8-14-23(22)24/h2-15,17,25-26H,16,18H2,1H3/t25-/m0/s1. The number of carbonyl (C=O) groups excluding carboxylic acids is 1. The van der Waals surface area contributed by atoms with Crippen molar-refractivity contribution in [1.82, 2.24) is 9.88 Å². The van der Waals surface area contributed by atoms with Crippen LogP contribution in [0.25, 0.3) is 10.9 Å². The van der Waals surface area contributed by atoms with Gasteiger partial charge in [-0.1, -0.05) is 78.9 Å². The van der Waals surface area contributed by atoms with E-state index in [0.29, 0.717) is 6.54 Å². The van der Waals surface area contributed by atoms with E-state index in [9.17, 15) is 4.79 Å². The second-order valence-electron chi connectivity index (χ2n) is 7.12. The molecule has 3 aromatic carbocycles. The smallest absolute Gasteiger partial charge is 0.220 e. The van der Waals surface area contributed by atoms with Crippen molar-refractivity contribution in [3.8, 4) is 0 Å². The summed E-state index contributed by atoms with van der Waals surface area (Å²) in [5, 5.41) is 1.21. The minimum atomic E-state index is -0.0295. The highest BCUT2D eigenvalue weighted by atomic mass is 16.2. The lowest BCUT2D eigenvalue weighted by molar-refractivity contribution is -0.132. The number of nitrogens with one attached hydrogen (secondary N) is 1. The highest BCUT2D eigenvalue weighted by Gasteiger charge is 2.24. The second kappa shape index (κ2) is 8.13. The van der Waals surface area contributed by atoms with Crippen LogP contribution in [0.3, 0.4) is 0 Å². The first-order chi connectivity index (χ1) is 13.7. The van der Waals surface area contributed by atoms with Gasteiger partial charge in [-0.15, -0.1) is 0 Å². The molecule has 140 valence electrons. The number of rotatable bonds is 6. The van der Waals surface area contributed by atoms with Crippen LogP contribution < -0.4 is 0 Å². The van der Waals surface area contributed by atoms with Crippen LogP contribution in [0, 0.1) is 0 Å². The molecule has 0 radical (unpaired) electrons. The van der Waals surface area contributed by atoms with E-state index in [1.165, 1.54) is 10.9 Å². The minimum Gasteiger partial charge on any atom is -0.361 e. The van der Waals surface area contributed by atoms with Crippen molar-refractivity contribution in [2.75, 3.05) is 0 Å². The molecule has 0 saturated carbocycles. The zero-order valence-electron chi connectivity index (χ0n) is 16.0. The lowest BCUT2D eigenvalue weighted by Crippen LogP contribution is -2.34. The maximum Gasteiger partial charge on any atom is 0.220 e. The fraction of sp³-hybridized carbons (Fsp3) is 0.160. The van der Waals surface area contributed by atoms with Crippen molar-refractivity contribution in [1.29, 1.82) is 0 Å². The van der Waals surface area contributed by atoms with Crippen molar-refractivity contribution in [2.24, 2.45) is 0 Å². The maximum absolute atomic E-state index is 12.7. The summed E-state index contributed by atoms with van der Waals surface area (Å²) >= 11 is 0. The van der Waals surface area contributed by atoms with Crippen LogP contribution in [0.5, 0.6) is 0 Å². The zero-order chi connectivity index (χ0) is 19.3. The molecule has 0 aliphatic carbocycles. The monoisotopic (exact) mass is 368 g/mol. The normalized spacial score (nSPS) is 12.0. The van der Waals surface area contributed by atoms with E-state index in [-0.39, 0.29) is 11.9 Å². The van der Waals surface area contributed by atoms with E-state index < -0.39 is 0 Å². The zero-order valence-corrected chi connectivity index (χ0v) is 16.0. The fourth-order valence-corrected chi connectivity index (χ4v) is 3.81. The summed E-state index contributed by atoms with van der Waals surface area (Å²) in [7, 11) is 0. The van der Waals surface area contributed by atoms with Gasteiger partial charge in [0.25, 0.3) is 0 Å². The van der Waals surface area contributed by atoms with E-state index in [2.05, 4.69) is 53.6 Å². The number of aromatic nitrogens is 1. The molecule has 4 rings (SSSR count). The van der Waals surface area contributed by atoms with E-state index >= 15 is 0 Å². The molecule has 0 aliphatic rings. The molecule has 1 heterocycles. The van der Waals surface area contributed by atoms with Gasteiger partial charge in [-0.2, -0.15) is 0 Å². The molecule has 0 aliphatic heterocycles. The quantitative estimate of drug-likeness (QED) is 0.479. The number of nitrogens with zero attached hydrogens (tertiary/aromatic N) is 1. The van der Waals surface area contributed by atoms with Crippen LogP contribution in [0.2, 0.25) is 0 Å². The summed E-state index contributed by atoms with van der Waals surface area (Å²) in [6.07, 6.45) is 2.84. The van der Waals surface area contributed by atoms with Crippen LogP contribution >= 0.6 is 0 Å². The molecule has 1 atom stereocenters. The molecular formula is C25H24N2O. The molecule has 0 spiro atoms. The lowest BCUT2D eigenvalue weighted by Gasteiger charge is -2.32. The third kappa shape index (κ3) is 3.84. The number of carbonyl (C=O) groups is 1. The molecule has 0 saturated heterocycles. The van der Waals surface area contributed by atoms with Crippen molar-refractivity contribution in [3.63, 3.8) is 0 Å². The Kier molecular flexibility index (Phi) is 5.24. The fourth-order valence-electron chi connectivity index (χ4n) is 3.81. The third-order valence-corrected chi connectivity index (χ3v) is 5.25. The van der Waals surface area contributed by atoms with E-state index in [0.717, 1.165) is 23.1 Å². The lowest BCUT2D eigenvalue weighted by atomic mass is 9.96. The number of fused-ring (bicyclic) bond motifs is 1. The number of hydrogen-bond donors (Lipinski definition) is 1. The summed E-state index contributed by atoms with van der Waals surface area (Å²) < 4.78 is 0. The van der Waals surface area contributed by atoms with Gasteiger partial charge in [-0.3, -0.25) is 4.79 Å². The number of hydrogen-bond acceptors (Lipinski definition) is 1. The summed E-state index contributed by atoms with van der Waals surface area (Å²) in [6.45, 7) is 2.26.